The van der Waals surface area contributed by atoms with Crippen LogP contribution in [0.2, 0.25) is 0 Å². The molecular weight excluding hydrogens is 349 g/mol. The lowest BCUT2D eigenvalue weighted by Crippen LogP contribution is -2.48. The number of nitrogens with one attached hydrogen (secondary N) is 1. The van der Waals surface area contributed by atoms with Crippen molar-refractivity contribution < 1.29 is 13.2 Å². The minimum absolute atomic E-state index is 0.0905. The molecular formula is C22H27F3N2. The number of hydrogen-bond acceptors (Lipinski definition) is 2. The fourth-order valence-corrected chi connectivity index (χ4v) is 3.91. The maximum atomic E-state index is 12.7. The second-order valence-electron chi connectivity index (χ2n) is 8.25. The quantitative estimate of drug-likeness (QED) is 0.775. The second-order valence-corrected chi connectivity index (χ2v) is 8.25. The molecule has 1 aliphatic heterocycles. The van der Waals surface area contributed by atoms with Crippen LogP contribution in [0.5, 0.6) is 0 Å². The van der Waals surface area contributed by atoms with Gasteiger partial charge < -0.3 is 5.32 Å². The van der Waals surface area contributed by atoms with E-state index in [1.165, 1.54) is 17.7 Å². The lowest BCUT2D eigenvalue weighted by Gasteiger charge is -2.42. The molecule has 1 saturated heterocycles. The van der Waals surface area contributed by atoms with Crippen molar-refractivity contribution >= 4 is 0 Å². The van der Waals surface area contributed by atoms with Crippen LogP contribution in [0, 0.1) is 5.41 Å². The summed E-state index contributed by atoms with van der Waals surface area (Å²) in [6.45, 7) is 10.8. The van der Waals surface area contributed by atoms with E-state index in [1.54, 1.807) is 0 Å². The minimum atomic E-state index is -4.30. The van der Waals surface area contributed by atoms with E-state index in [0.717, 1.165) is 49.4 Å². The van der Waals surface area contributed by atoms with E-state index in [4.69, 9.17) is 0 Å². The molecule has 0 saturated carbocycles. The Morgan fingerprint density at radius 3 is 1.74 bits per heavy atom. The van der Waals surface area contributed by atoms with Gasteiger partial charge in [0.2, 0.25) is 0 Å². The summed E-state index contributed by atoms with van der Waals surface area (Å²) in [7, 11) is 0. The van der Waals surface area contributed by atoms with Crippen LogP contribution in [0.4, 0.5) is 13.2 Å². The monoisotopic (exact) mass is 376 g/mol. The zero-order valence-corrected chi connectivity index (χ0v) is 16.1. The highest BCUT2D eigenvalue weighted by atomic mass is 19.4. The molecule has 1 heterocycles. The van der Waals surface area contributed by atoms with Crippen molar-refractivity contribution in [2.75, 3.05) is 26.2 Å². The summed E-state index contributed by atoms with van der Waals surface area (Å²) in [5, 5.41) is 3.40. The van der Waals surface area contributed by atoms with Gasteiger partial charge in [0.25, 0.3) is 0 Å². The van der Waals surface area contributed by atoms with Gasteiger partial charge in [-0.05, 0) is 34.2 Å². The summed E-state index contributed by atoms with van der Waals surface area (Å²) in [6, 6.07) is 13.9. The van der Waals surface area contributed by atoms with Crippen LogP contribution in [0.15, 0.2) is 48.5 Å². The highest BCUT2D eigenvalue weighted by Crippen LogP contribution is 2.39. The predicted molar refractivity (Wildman–Crippen MR) is 104 cm³/mol. The van der Waals surface area contributed by atoms with Crippen LogP contribution in [0.3, 0.4) is 0 Å². The van der Waals surface area contributed by atoms with Crippen LogP contribution in [-0.4, -0.2) is 31.1 Å². The number of nitrogens with zero attached hydrogens (tertiary/aromatic N) is 1. The van der Waals surface area contributed by atoms with Crippen molar-refractivity contribution in [2.24, 2.45) is 5.41 Å². The molecule has 27 heavy (non-hydrogen) atoms. The molecule has 2 aromatic carbocycles. The van der Waals surface area contributed by atoms with Crippen molar-refractivity contribution in [2.45, 2.75) is 33.0 Å². The Labute approximate surface area is 159 Å². The Kier molecular flexibility index (Phi) is 5.63. The van der Waals surface area contributed by atoms with Crippen LogP contribution in [0.1, 0.15) is 37.9 Å². The fourth-order valence-electron chi connectivity index (χ4n) is 3.91. The topological polar surface area (TPSA) is 15.3 Å². The van der Waals surface area contributed by atoms with Gasteiger partial charge in [-0.25, -0.2) is 0 Å². The van der Waals surface area contributed by atoms with Gasteiger partial charge in [-0.1, -0.05) is 57.2 Å². The van der Waals surface area contributed by atoms with Gasteiger partial charge in [-0.3, -0.25) is 4.90 Å². The smallest absolute Gasteiger partial charge is 0.314 e. The second kappa shape index (κ2) is 7.64. The number of halogens is 3. The molecule has 2 aromatic rings. The summed E-state index contributed by atoms with van der Waals surface area (Å²) in [4.78, 5) is 2.52. The Hall–Kier alpha value is -1.85. The van der Waals surface area contributed by atoms with Gasteiger partial charge >= 0.3 is 6.18 Å². The summed E-state index contributed by atoms with van der Waals surface area (Å²) >= 11 is 0. The molecule has 2 nitrogen and oxygen atoms in total. The van der Waals surface area contributed by atoms with Crippen LogP contribution in [-0.2, 0) is 6.18 Å². The average Bonchev–Trinajstić information content (AvgIpc) is 2.62. The molecule has 0 radical (unpaired) electrons. The molecule has 0 amide bonds. The maximum Gasteiger partial charge on any atom is 0.416 e. The van der Waals surface area contributed by atoms with Crippen molar-refractivity contribution in [1.29, 1.82) is 0 Å². The molecule has 1 N–H and O–H groups in total. The largest absolute Gasteiger partial charge is 0.416 e. The molecule has 0 bridgehead atoms. The van der Waals surface area contributed by atoms with Crippen molar-refractivity contribution in [1.82, 2.24) is 10.2 Å². The van der Waals surface area contributed by atoms with E-state index in [2.05, 4.69) is 43.1 Å². The molecule has 146 valence electrons. The molecule has 5 heteroatoms. The third-order valence-corrected chi connectivity index (χ3v) is 5.11. The van der Waals surface area contributed by atoms with E-state index in [-0.39, 0.29) is 5.41 Å². The van der Waals surface area contributed by atoms with Crippen LogP contribution in [0.25, 0.3) is 11.1 Å². The SMILES string of the molecule is CC(C)(C)[C@@H](c1ccc(-c2ccc(C(F)(F)F)cc2)cc1)N1CCNCC1. The number of piperazine rings is 1. The van der Waals surface area contributed by atoms with Crippen molar-refractivity contribution in [3.05, 3.63) is 59.7 Å². The summed E-state index contributed by atoms with van der Waals surface area (Å²) in [5.74, 6) is 0. The molecule has 1 atom stereocenters. The van der Waals surface area contributed by atoms with Gasteiger partial charge in [0.05, 0.1) is 5.56 Å². The number of alkyl halides is 3. The number of benzene rings is 2. The maximum absolute atomic E-state index is 12.7. The van der Waals surface area contributed by atoms with Gasteiger partial charge in [0, 0.05) is 32.2 Å². The minimum Gasteiger partial charge on any atom is -0.314 e. The first-order valence-corrected chi connectivity index (χ1v) is 9.38. The molecule has 0 spiro atoms. The molecule has 1 fully saturated rings. The normalized spacial score (nSPS) is 17.7. The molecule has 0 aliphatic carbocycles. The van der Waals surface area contributed by atoms with Gasteiger partial charge in [-0.2, -0.15) is 13.2 Å². The average molecular weight is 376 g/mol. The molecule has 0 aromatic heterocycles. The standard InChI is InChI=1S/C22H27F3N2/c1-21(2,3)20(27-14-12-26-13-15-27)18-6-4-16(5-7-18)17-8-10-19(11-9-17)22(23,24)25/h4-11,20,26H,12-15H2,1-3H3/t20-/m1/s1. The first-order chi connectivity index (χ1) is 12.7. The first-order valence-electron chi connectivity index (χ1n) is 9.38. The van der Waals surface area contributed by atoms with E-state index in [9.17, 15) is 13.2 Å². The third kappa shape index (κ3) is 4.71. The van der Waals surface area contributed by atoms with Gasteiger partial charge in [0.1, 0.15) is 0 Å². The predicted octanol–water partition coefficient (Wildman–Crippen LogP) is 5.36. The van der Waals surface area contributed by atoms with E-state index in [1.807, 2.05) is 12.1 Å². The lowest BCUT2D eigenvalue weighted by molar-refractivity contribution is -0.137. The highest BCUT2D eigenvalue weighted by Gasteiger charge is 2.32. The van der Waals surface area contributed by atoms with E-state index < -0.39 is 11.7 Å². The summed E-state index contributed by atoms with van der Waals surface area (Å²) in [6.07, 6.45) is -4.30. The summed E-state index contributed by atoms with van der Waals surface area (Å²) < 4.78 is 38.2. The Morgan fingerprint density at radius 2 is 1.30 bits per heavy atom. The Balaban J connectivity index is 1.84. The lowest BCUT2D eigenvalue weighted by atomic mass is 9.80. The Morgan fingerprint density at radius 1 is 0.815 bits per heavy atom. The molecule has 3 rings (SSSR count). The zero-order valence-electron chi connectivity index (χ0n) is 16.1. The first kappa shape index (κ1) is 19.9. The number of hydrogen-bond donors (Lipinski definition) is 1. The molecule has 0 unspecified atom stereocenters. The van der Waals surface area contributed by atoms with Gasteiger partial charge in [0.15, 0.2) is 0 Å². The fraction of sp³-hybridized carbons (Fsp3) is 0.455. The van der Waals surface area contributed by atoms with E-state index in [0.29, 0.717) is 6.04 Å². The van der Waals surface area contributed by atoms with Crippen LogP contribution >= 0.6 is 0 Å². The summed E-state index contributed by atoms with van der Waals surface area (Å²) in [5.41, 5.74) is 2.45. The van der Waals surface area contributed by atoms with Crippen molar-refractivity contribution in [3.63, 3.8) is 0 Å². The van der Waals surface area contributed by atoms with E-state index >= 15 is 0 Å². The van der Waals surface area contributed by atoms with Gasteiger partial charge in [-0.15, -0.1) is 0 Å². The zero-order chi connectivity index (χ0) is 19.7. The van der Waals surface area contributed by atoms with Crippen molar-refractivity contribution in [3.8, 4) is 11.1 Å². The Bertz CT molecular complexity index is 737. The van der Waals surface area contributed by atoms with Crippen LogP contribution < -0.4 is 5.32 Å². The third-order valence-electron chi connectivity index (χ3n) is 5.11. The highest BCUT2D eigenvalue weighted by molar-refractivity contribution is 5.64. The number of rotatable bonds is 3. The molecule has 1 aliphatic rings.